The molecule has 0 N–H and O–H groups in total. The minimum atomic E-state index is -0.0293. The van der Waals surface area contributed by atoms with Crippen LogP contribution in [0.4, 0.5) is 5.69 Å². The van der Waals surface area contributed by atoms with E-state index in [0.717, 1.165) is 25.1 Å². The van der Waals surface area contributed by atoms with Gasteiger partial charge < -0.3 is 9.64 Å². The third-order valence-corrected chi connectivity index (χ3v) is 4.52. The normalized spacial score (nSPS) is 13.9. The minimum absolute atomic E-state index is 0.0293. The topological polar surface area (TPSA) is 47.4 Å². The Kier molecular flexibility index (Phi) is 3.88. The van der Waals surface area contributed by atoms with Gasteiger partial charge in [-0.15, -0.1) is 0 Å². The number of benzene rings is 1. The maximum Gasteiger partial charge on any atom is 0.265 e. The van der Waals surface area contributed by atoms with E-state index in [1.165, 1.54) is 16.7 Å². The van der Waals surface area contributed by atoms with Crippen LogP contribution in [0.3, 0.4) is 0 Å². The lowest BCUT2D eigenvalue weighted by molar-refractivity contribution is 0.0981. The number of amides is 1. The fourth-order valence-electron chi connectivity index (χ4n) is 3.54. The summed E-state index contributed by atoms with van der Waals surface area (Å²) in [6, 6.07) is 4.29. The molecule has 0 radical (unpaired) electrons. The number of carbonyl (C=O) groups is 1. The van der Waals surface area contributed by atoms with Crippen LogP contribution in [0.25, 0.3) is 0 Å². The van der Waals surface area contributed by atoms with Gasteiger partial charge in [-0.25, -0.2) is 4.68 Å². The van der Waals surface area contributed by atoms with Gasteiger partial charge in [-0.3, -0.25) is 4.79 Å². The smallest absolute Gasteiger partial charge is 0.265 e. The van der Waals surface area contributed by atoms with E-state index in [9.17, 15) is 4.79 Å². The summed E-state index contributed by atoms with van der Waals surface area (Å²) < 4.78 is 7.02. The van der Waals surface area contributed by atoms with E-state index in [-0.39, 0.29) is 5.91 Å². The van der Waals surface area contributed by atoms with E-state index in [4.69, 9.17) is 4.74 Å². The summed E-state index contributed by atoms with van der Waals surface area (Å²) in [6.07, 6.45) is 2.00. The number of hydrogen-bond donors (Lipinski definition) is 0. The van der Waals surface area contributed by atoms with Crippen molar-refractivity contribution in [2.75, 3.05) is 18.6 Å². The second-order valence-electron chi connectivity index (χ2n) is 6.23. The van der Waals surface area contributed by atoms with Gasteiger partial charge in [-0.2, -0.15) is 5.10 Å². The number of aromatic nitrogens is 2. The van der Waals surface area contributed by atoms with E-state index in [1.807, 2.05) is 11.8 Å². The van der Waals surface area contributed by atoms with Gasteiger partial charge in [0.1, 0.15) is 5.56 Å². The fraction of sp³-hybridized carbons (Fsp3) is 0.444. The molecule has 5 nitrogen and oxygen atoms in total. The van der Waals surface area contributed by atoms with Crippen molar-refractivity contribution in [3.63, 3.8) is 0 Å². The van der Waals surface area contributed by atoms with Crippen molar-refractivity contribution in [1.29, 1.82) is 0 Å². The number of rotatable bonds is 2. The number of hydrogen-bond acceptors (Lipinski definition) is 3. The second kappa shape index (κ2) is 5.72. The molecule has 122 valence electrons. The first-order valence-electron chi connectivity index (χ1n) is 7.93. The predicted molar refractivity (Wildman–Crippen MR) is 90.4 cm³/mol. The van der Waals surface area contributed by atoms with Gasteiger partial charge in [0, 0.05) is 19.3 Å². The van der Waals surface area contributed by atoms with Gasteiger partial charge in [0.05, 0.1) is 12.8 Å². The highest BCUT2D eigenvalue weighted by Gasteiger charge is 2.30. The molecule has 0 aliphatic carbocycles. The molecule has 3 rings (SSSR count). The van der Waals surface area contributed by atoms with Crippen LogP contribution >= 0.6 is 0 Å². The summed E-state index contributed by atoms with van der Waals surface area (Å²) in [4.78, 5) is 15.1. The van der Waals surface area contributed by atoms with E-state index in [1.54, 1.807) is 18.8 Å². The Labute approximate surface area is 136 Å². The lowest BCUT2D eigenvalue weighted by Crippen LogP contribution is -2.36. The molecule has 1 aliphatic heterocycles. The molecule has 2 aromatic rings. The second-order valence-corrected chi connectivity index (χ2v) is 6.23. The number of nitrogens with zero attached hydrogens (tertiary/aromatic N) is 3. The summed E-state index contributed by atoms with van der Waals surface area (Å²) in [6.45, 7) is 6.77. The zero-order valence-corrected chi connectivity index (χ0v) is 14.4. The van der Waals surface area contributed by atoms with E-state index in [2.05, 4.69) is 31.1 Å². The van der Waals surface area contributed by atoms with E-state index < -0.39 is 0 Å². The maximum absolute atomic E-state index is 13.2. The van der Waals surface area contributed by atoms with Crippen LogP contribution in [0.1, 0.15) is 39.2 Å². The van der Waals surface area contributed by atoms with Crippen LogP contribution in [0, 0.1) is 20.8 Å². The summed E-state index contributed by atoms with van der Waals surface area (Å²) in [5, 5.41) is 4.33. The van der Waals surface area contributed by atoms with Gasteiger partial charge >= 0.3 is 0 Å². The first kappa shape index (κ1) is 15.6. The predicted octanol–water partition coefficient (Wildman–Crippen LogP) is 2.95. The van der Waals surface area contributed by atoms with Gasteiger partial charge in [-0.05, 0) is 56.4 Å². The molecule has 1 aromatic carbocycles. The van der Waals surface area contributed by atoms with Crippen molar-refractivity contribution in [2.45, 2.75) is 33.6 Å². The van der Waals surface area contributed by atoms with Crippen molar-refractivity contribution >= 4 is 11.6 Å². The molecule has 23 heavy (non-hydrogen) atoms. The number of aryl methyl sites for hydroxylation is 4. The lowest BCUT2D eigenvalue weighted by atomic mass is 9.94. The molecule has 0 saturated heterocycles. The maximum atomic E-state index is 13.2. The molecule has 1 aromatic heterocycles. The highest BCUT2D eigenvalue weighted by Crippen LogP contribution is 2.34. The standard InChI is InChI=1S/C18H23N3O2/c1-11-9-12(2)14-7-6-8-21(15(14)10-11)17(22)16-13(3)19-20(4)18(16)23-5/h9-10H,6-8H2,1-5H3. The van der Waals surface area contributed by atoms with Crippen LogP contribution in [-0.4, -0.2) is 29.3 Å². The third-order valence-electron chi connectivity index (χ3n) is 4.52. The van der Waals surface area contributed by atoms with E-state index in [0.29, 0.717) is 17.1 Å². The Morgan fingerprint density at radius 1 is 1.26 bits per heavy atom. The number of ether oxygens (including phenoxy) is 1. The molecule has 2 heterocycles. The molecule has 5 heteroatoms. The Morgan fingerprint density at radius 3 is 2.70 bits per heavy atom. The Balaban J connectivity index is 2.10. The van der Waals surface area contributed by atoms with Crippen LogP contribution in [0.2, 0.25) is 0 Å². The fourth-order valence-corrected chi connectivity index (χ4v) is 3.54. The monoisotopic (exact) mass is 313 g/mol. The summed E-state index contributed by atoms with van der Waals surface area (Å²) >= 11 is 0. The highest BCUT2D eigenvalue weighted by molar-refractivity contribution is 6.09. The molecule has 0 atom stereocenters. The molecule has 0 unspecified atom stereocenters. The zero-order valence-electron chi connectivity index (χ0n) is 14.4. The largest absolute Gasteiger partial charge is 0.481 e. The minimum Gasteiger partial charge on any atom is -0.481 e. The molecular weight excluding hydrogens is 290 g/mol. The van der Waals surface area contributed by atoms with Gasteiger partial charge in [0.25, 0.3) is 5.91 Å². The zero-order chi connectivity index (χ0) is 16.7. The molecule has 0 bridgehead atoms. The number of carbonyl (C=O) groups excluding carboxylic acids is 1. The SMILES string of the molecule is COc1c(C(=O)N2CCCc3c(C)cc(C)cc32)c(C)nn1C. The van der Waals surface area contributed by atoms with Crippen LogP contribution in [0.5, 0.6) is 5.88 Å². The Bertz CT molecular complexity index is 777. The first-order chi connectivity index (χ1) is 10.9. The van der Waals surface area contributed by atoms with Crippen LogP contribution in [0.15, 0.2) is 12.1 Å². The average molecular weight is 313 g/mol. The van der Waals surface area contributed by atoms with Crippen molar-refractivity contribution < 1.29 is 9.53 Å². The molecule has 1 amide bonds. The molecular formula is C18H23N3O2. The van der Waals surface area contributed by atoms with E-state index >= 15 is 0 Å². The molecule has 0 spiro atoms. The Morgan fingerprint density at radius 2 is 2.00 bits per heavy atom. The third kappa shape index (κ3) is 2.50. The molecule has 0 fully saturated rings. The van der Waals surface area contributed by atoms with Crippen LogP contribution < -0.4 is 9.64 Å². The van der Waals surface area contributed by atoms with Gasteiger partial charge in [-0.1, -0.05) is 6.07 Å². The molecule has 0 saturated carbocycles. The van der Waals surface area contributed by atoms with Gasteiger partial charge in [0.2, 0.25) is 5.88 Å². The lowest BCUT2D eigenvalue weighted by Gasteiger charge is -2.31. The summed E-state index contributed by atoms with van der Waals surface area (Å²) in [5.41, 5.74) is 6.00. The number of fused-ring (bicyclic) bond motifs is 1. The quantitative estimate of drug-likeness (QED) is 0.856. The van der Waals surface area contributed by atoms with Gasteiger partial charge in [0.15, 0.2) is 0 Å². The summed E-state index contributed by atoms with van der Waals surface area (Å²) in [7, 11) is 3.37. The highest BCUT2D eigenvalue weighted by atomic mass is 16.5. The van der Waals surface area contributed by atoms with Crippen molar-refractivity contribution in [1.82, 2.24) is 9.78 Å². The van der Waals surface area contributed by atoms with Crippen molar-refractivity contribution in [2.24, 2.45) is 7.05 Å². The van der Waals surface area contributed by atoms with Crippen molar-refractivity contribution in [3.8, 4) is 5.88 Å². The molecule has 1 aliphatic rings. The first-order valence-corrected chi connectivity index (χ1v) is 7.93. The summed E-state index contributed by atoms with van der Waals surface area (Å²) in [5.74, 6) is 0.488. The Hall–Kier alpha value is -2.30. The number of methoxy groups -OCH3 is 1. The van der Waals surface area contributed by atoms with Crippen molar-refractivity contribution in [3.05, 3.63) is 40.1 Å². The number of anilines is 1. The average Bonchev–Trinajstić information content (AvgIpc) is 2.79. The van der Waals surface area contributed by atoms with Crippen LogP contribution in [-0.2, 0) is 13.5 Å².